The summed E-state index contributed by atoms with van der Waals surface area (Å²) in [6.07, 6.45) is -4.70. The number of fused-ring (bicyclic) bond motifs is 1. The van der Waals surface area contributed by atoms with Crippen molar-refractivity contribution in [1.29, 1.82) is 0 Å². The van der Waals surface area contributed by atoms with Gasteiger partial charge in [-0.3, -0.25) is 0 Å². The van der Waals surface area contributed by atoms with E-state index in [9.17, 15) is 17.6 Å². The summed E-state index contributed by atoms with van der Waals surface area (Å²) >= 11 is 5.91. The van der Waals surface area contributed by atoms with Crippen molar-refractivity contribution in [2.45, 2.75) is 13.1 Å². The predicted molar refractivity (Wildman–Crippen MR) is 63.0 cm³/mol. The van der Waals surface area contributed by atoms with Gasteiger partial charge in [0, 0.05) is 0 Å². The molecule has 0 fully saturated rings. The normalized spacial score (nSPS) is 11.9. The van der Waals surface area contributed by atoms with E-state index in [2.05, 4.69) is 4.98 Å². The number of methoxy groups -OCH3 is 1. The van der Waals surface area contributed by atoms with Crippen LogP contribution in [0.25, 0.3) is 10.9 Å². The number of ether oxygens (including phenoxy) is 1. The van der Waals surface area contributed by atoms with E-state index >= 15 is 0 Å². The summed E-state index contributed by atoms with van der Waals surface area (Å²) in [5.74, 6) is -0.714. The Morgan fingerprint density at radius 1 is 1.26 bits per heavy atom. The van der Waals surface area contributed by atoms with Crippen LogP contribution in [0.5, 0.6) is 5.75 Å². The van der Waals surface area contributed by atoms with Gasteiger partial charge >= 0.3 is 6.18 Å². The first kappa shape index (κ1) is 13.9. The first-order valence-electron chi connectivity index (χ1n) is 5.17. The van der Waals surface area contributed by atoms with Crippen LogP contribution in [0, 0.1) is 12.7 Å². The van der Waals surface area contributed by atoms with Crippen LogP contribution in [0.1, 0.15) is 11.3 Å². The molecule has 0 saturated heterocycles. The summed E-state index contributed by atoms with van der Waals surface area (Å²) in [6.45, 7) is 1.18. The third-order valence-electron chi connectivity index (χ3n) is 2.71. The molecular weight excluding hydrogens is 286 g/mol. The lowest BCUT2D eigenvalue weighted by Gasteiger charge is -2.14. The van der Waals surface area contributed by atoms with Crippen LogP contribution in [0.2, 0.25) is 5.02 Å². The van der Waals surface area contributed by atoms with Gasteiger partial charge in [0.25, 0.3) is 0 Å². The molecule has 0 aliphatic heterocycles. The first-order chi connectivity index (χ1) is 8.77. The molecule has 1 aromatic carbocycles. The number of rotatable bonds is 1. The van der Waals surface area contributed by atoms with Gasteiger partial charge in [-0.2, -0.15) is 13.2 Å². The van der Waals surface area contributed by atoms with Crippen molar-refractivity contribution in [3.05, 3.63) is 34.2 Å². The monoisotopic (exact) mass is 293 g/mol. The fourth-order valence-corrected chi connectivity index (χ4v) is 2.07. The Hall–Kier alpha value is -1.56. The Labute approximate surface area is 111 Å². The number of nitrogens with zero attached hydrogens (tertiary/aromatic N) is 1. The van der Waals surface area contributed by atoms with Gasteiger partial charge in [0.1, 0.15) is 22.8 Å². The summed E-state index contributed by atoms with van der Waals surface area (Å²) in [7, 11) is 1.32. The maximum absolute atomic E-state index is 13.6. The molecule has 2 aromatic rings. The Kier molecular flexibility index (Phi) is 3.30. The van der Waals surface area contributed by atoms with Crippen molar-refractivity contribution in [3.63, 3.8) is 0 Å². The second kappa shape index (κ2) is 4.52. The molecular formula is C12H8ClF4NO. The molecule has 0 bridgehead atoms. The zero-order chi connectivity index (χ0) is 14.4. The van der Waals surface area contributed by atoms with Gasteiger partial charge in [-0.1, -0.05) is 11.6 Å². The summed E-state index contributed by atoms with van der Waals surface area (Å²) in [5.41, 5.74) is -1.91. The second-order valence-electron chi connectivity index (χ2n) is 3.87. The van der Waals surface area contributed by atoms with Crippen molar-refractivity contribution in [2.75, 3.05) is 7.11 Å². The van der Waals surface area contributed by atoms with E-state index in [0.717, 1.165) is 6.07 Å². The topological polar surface area (TPSA) is 22.1 Å². The van der Waals surface area contributed by atoms with Gasteiger partial charge in [0.2, 0.25) is 0 Å². The first-order valence-corrected chi connectivity index (χ1v) is 5.54. The molecule has 19 heavy (non-hydrogen) atoms. The molecule has 2 nitrogen and oxygen atoms in total. The van der Waals surface area contributed by atoms with Gasteiger partial charge in [-0.15, -0.1) is 0 Å². The van der Waals surface area contributed by atoms with Crippen LogP contribution >= 0.6 is 11.6 Å². The molecule has 0 atom stereocenters. The zero-order valence-electron chi connectivity index (χ0n) is 9.90. The molecule has 2 rings (SSSR count). The molecule has 0 saturated carbocycles. The van der Waals surface area contributed by atoms with E-state index in [1.165, 1.54) is 20.1 Å². The molecule has 0 unspecified atom stereocenters. The highest BCUT2D eigenvalue weighted by atomic mass is 35.5. The maximum atomic E-state index is 13.6. The number of benzene rings is 1. The third kappa shape index (κ3) is 2.20. The van der Waals surface area contributed by atoms with Gasteiger partial charge in [-0.25, -0.2) is 9.37 Å². The van der Waals surface area contributed by atoms with Crippen molar-refractivity contribution < 1.29 is 22.3 Å². The average Bonchev–Trinajstić information content (AvgIpc) is 2.32. The fourth-order valence-electron chi connectivity index (χ4n) is 1.80. The maximum Gasteiger partial charge on any atom is 0.433 e. The van der Waals surface area contributed by atoms with Crippen molar-refractivity contribution in [3.8, 4) is 5.75 Å². The highest BCUT2D eigenvalue weighted by Gasteiger charge is 2.36. The quantitative estimate of drug-likeness (QED) is 0.729. The summed E-state index contributed by atoms with van der Waals surface area (Å²) in [6, 6.07) is 2.28. The van der Waals surface area contributed by atoms with Crippen LogP contribution in [0.4, 0.5) is 17.6 Å². The highest BCUT2D eigenvalue weighted by Crippen LogP contribution is 2.40. The lowest BCUT2D eigenvalue weighted by atomic mass is 10.1. The number of aromatic nitrogens is 1. The fraction of sp³-hybridized carbons (Fsp3) is 0.250. The average molecular weight is 294 g/mol. The van der Waals surface area contributed by atoms with Crippen LogP contribution in [-0.4, -0.2) is 12.1 Å². The molecule has 0 aliphatic carbocycles. The zero-order valence-corrected chi connectivity index (χ0v) is 10.7. The van der Waals surface area contributed by atoms with Gasteiger partial charge in [0.05, 0.1) is 17.5 Å². The Balaban J connectivity index is 2.96. The minimum atomic E-state index is -4.70. The van der Waals surface area contributed by atoms with Crippen LogP contribution in [0.15, 0.2) is 12.1 Å². The predicted octanol–water partition coefficient (Wildman–Crippen LogP) is 4.36. The molecule has 0 aliphatic rings. The van der Waals surface area contributed by atoms with Crippen LogP contribution < -0.4 is 4.74 Å². The SMILES string of the molecule is COc1ccc(F)c2nc(C(F)(F)F)c(C)c(Cl)c12. The minimum absolute atomic E-state index is 0.0367. The summed E-state index contributed by atoms with van der Waals surface area (Å²) in [4.78, 5) is 3.35. The second-order valence-corrected chi connectivity index (χ2v) is 4.25. The number of hydrogen-bond donors (Lipinski definition) is 0. The molecule has 1 aromatic heterocycles. The Morgan fingerprint density at radius 2 is 1.89 bits per heavy atom. The third-order valence-corrected chi connectivity index (χ3v) is 3.18. The molecule has 0 radical (unpaired) electrons. The van der Waals surface area contributed by atoms with E-state index in [0.29, 0.717) is 0 Å². The smallest absolute Gasteiger partial charge is 0.433 e. The number of hydrogen-bond acceptors (Lipinski definition) is 2. The molecule has 0 spiro atoms. The van der Waals surface area contributed by atoms with E-state index in [4.69, 9.17) is 16.3 Å². The van der Waals surface area contributed by atoms with E-state index < -0.39 is 23.2 Å². The Bertz CT molecular complexity index is 654. The molecule has 0 amide bonds. The van der Waals surface area contributed by atoms with Crippen molar-refractivity contribution in [1.82, 2.24) is 4.98 Å². The van der Waals surface area contributed by atoms with E-state index in [1.54, 1.807) is 0 Å². The van der Waals surface area contributed by atoms with Gasteiger partial charge in [0.15, 0.2) is 0 Å². The molecule has 0 N–H and O–H groups in total. The lowest BCUT2D eigenvalue weighted by molar-refractivity contribution is -0.141. The minimum Gasteiger partial charge on any atom is -0.496 e. The highest BCUT2D eigenvalue weighted by molar-refractivity contribution is 6.36. The van der Waals surface area contributed by atoms with Gasteiger partial charge in [-0.05, 0) is 24.6 Å². The summed E-state index contributed by atoms with van der Waals surface area (Å²) in [5, 5.41) is -0.177. The number of alkyl halides is 3. The lowest BCUT2D eigenvalue weighted by Crippen LogP contribution is -2.11. The van der Waals surface area contributed by atoms with Crippen LogP contribution in [-0.2, 0) is 6.18 Å². The Morgan fingerprint density at radius 3 is 2.42 bits per heavy atom. The number of halogens is 5. The van der Waals surface area contributed by atoms with Crippen molar-refractivity contribution >= 4 is 22.5 Å². The molecule has 102 valence electrons. The summed E-state index contributed by atoms with van der Waals surface area (Å²) < 4.78 is 57.0. The van der Waals surface area contributed by atoms with Crippen molar-refractivity contribution in [2.24, 2.45) is 0 Å². The molecule has 7 heteroatoms. The largest absolute Gasteiger partial charge is 0.496 e. The standard InChI is InChI=1S/C12H8ClF4NO/c1-5-9(13)8-7(19-2)4-3-6(14)10(8)18-11(5)12(15,16)17/h3-4H,1-2H3. The van der Waals surface area contributed by atoms with Crippen LogP contribution in [0.3, 0.4) is 0 Å². The number of pyridine rings is 1. The van der Waals surface area contributed by atoms with E-state index in [1.807, 2.05) is 0 Å². The van der Waals surface area contributed by atoms with Gasteiger partial charge < -0.3 is 4.74 Å². The van der Waals surface area contributed by atoms with E-state index in [-0.39, 0.29) is 21.7 Å². The molecule has 1 heterocycles.